The van der Waals surface area contributed by atoms with Gasteiger partial charge in [0.1, 0.15) is 5.56 Å². The third kappa shape index (κ3) is 3.77. The zero-order valence-electron chi connectivity index (χ0n) is 13.4. The molecule has 23 heavy (non-hydrogen) atoms. The van der Waals surface area contributed by atoms with Gasteiger partial charge in [-0.1, -0.05) is 31.5 Å². The van der Waals surface area contributed by atoms with E-state index in [2.05, 4.69) is 17.2 Å². The summed E-state index contributed by atoms with van der Waals surface area (Å²) < 4.78 is 7.44. The van der Waals surface area contributed by atoms with Crippen LogP contribution >= 0.6 is 11.8 Å². The second-order valence-corrected chi connectivity index (χ2v) is 7.25. The van der Waals surface area contributed by atoms with Crippen LogP contribution in [0.3, 0.4) is 0 Å². The summed E-state index contributed by atoms with van der Waals surface area (Å²) in [5.74, 6) is 1.05. The predicted octanol–water partition coefficient (Wildman–Crippen LogP) is 1.67. The van der Waals surface area contributed by atoms with Gasteiger partial charge in [-0.25, -0.2) is 4.98 Å². The van der Waals surface area contributed by atoms with Crippen LogP contribution in [-0.4, -0.2) is 40.5 Å². The van der Waals surface area contributed by atoms with Crippen LogP contribution < -0.4 is 10.9 Å². The van der Waals surface area contributed by atoms with Crippen molar-refractivity contribution in [2.45, 2.75) is 50.4 Å². The first-order chi connectivity index (χ1) is 11.2. The second kappa shape index (κ2) is 7.49. The summed E-state index contributed by atoms with van der Waals surface area (Å²) in [6.07, 6.45) is 6.49. The molecule has 1 aliphatic heterocycles. The highest BCUT2D eigenvalue weighted by molar-refractivity contribution is 7.99. The molecule has 7 heteroatoms. The van der Waals surface area contributed by atoms with E-state index in [4.69, 9.17) is 4.74 Å². The molecule has 0 spiro atoms. The first-order valence-corrected chi connectivity index (χ1v) is 9.28. The quantitative estimate of drug-likeness (QED) is 0.654. The van der Waals surface area contributed by atoms with Crippen LogP contribution in [0.2, 0.25) is 0 Å². The molecule has 2 heterocycles. The fraction of sp³-hybridized carbons (Fsp3) is 0.688. The molecule has 1 aromatic heterocycles. The number of fused-ring (bicyclic) bond motifs is 1. The first kappa shape index (κ1) is 16.5. The van der Waals surface area contributed by atoms with Crippen molar-refractivity contribution in [3.05, 3.63) is 22.1 Å². The van der Waals surface area contributed by atoms with E-state index in [9.17, 15) is 9.59 Å². The average molecular weight is 337 g/mol. The molecule has 0 aromatic carbocycles. The topological polar surface area (TPSA) is 73.2 Å². The van der Waals surface area contributed by atoms with E-state index in [1.165, 1.54) is 25.5 Å². The van der Waals surface area contributed by atoms with Crippen molar-refractivity contribution in [2.75, 3.05) is 18.9 Å². The van der Waals surface area contributed by atoms with Crippen LogP contribution in [0, 0.1) is 5.92 Å². The Balaban J connectivity index is 1.49. The van der Waals surface area contributed by atoms with Crippen molar-refractivity contribution in [1.82, 2.24) is 14.9 Å². The van der Waals surface area contributed by atoms with Gasteiger partial charge in [0.05, 0.1) is 12.7 Å². The minimum Gasteiger partial charge on any atom is -0.376 e. The minimum atomic E-state index is -0.366. The Labute approximate surface area is 140 Å². The smallest absolute Gasteiger partial charge is 0.267 e. The maximum absolute atomic E-state index is 12.2. The van der Waals surface area contributed by atoms with Gasteiger partial charge in [0.2, 0.25) is 0 Å². The van der Waals surface area contributed by atoms with E-state index in [1.54, 1.807) is 16.3 Å². The highest BCUT2D eigenvalue weighted by atomic mass is 32.2. The van der Waals surface area contributed by atoms with E-state index >= 15 is 0 Å². The van der Waals surface area contributed by atoms with Gasteiger partial charge in [0, 0.05) is 25.0 Å². The summed E-state index contributed by atoms with van der Waals surface area (Å²) in [4.78, 5) is 28.6. The van der Waals surface area contributed by atoms with Gasteiger partial charge in [-0.05, 0) is 18.8 Å². The molecule has 1 N–H and O–H groups in total. The van der Waals surface area contributed by atoms with Crippen LogP contribution in [0.1, 0.15) is 43.0 Å². The maximum Gasteiger partial charge on any atom is 0.267 e. The summed E-state index contributed by atoms with van der Waals surface area (Å²) in [5.41, 5.74) is -0.137. The predicted molar refractivity (Wildman–Crippen MR) is 88.9 cm³/mol. The molecule has 1 aliphatic carbocycles. The third-order valence-electron chi connectivity index (χ3n) is 4.55. The number of hydrogen-bond donors (Lipinski definition) is 1. The van der Waals surface area contributed by atoms with Gasteiger partial charge in [-0.2, -0.15) is 0 Å². The molecule has 0 radical (unpaired) electrons. The molecule has 1 saturated carbocycles. The summed E-state index contributed by atoms with van der Waals surface area (Å²) in [6.45, 7) is 3.74. The molecule has 1 fully saturated rings. The minimum absolute atomic E-state index is 0.113. The highest BCUT2D eigenvalue weighted by Gasteiger charge is 2.22. The molecule has 126 valence electrons. The lowest BCUT2D eigenvalue weighted by atomic mass is 9.88. The number of thioether (sulfide) groups is 1. The van der Waals surface area contributed by atoms with Gasteiger partial charge in [-0.15, -0.1) is 0 Å². The molecule has 0 saturated heterocycles. The molecule has 0 bridgehead atoms. The summed E-state index contributed by atoms with van der Waals surface area (Å²) >= 11 is 1.54. The monoisotopic (exact) mass is 337 g/mol. The van der Waals surface area contributed by atoms with Crippen molar-refractivity contribution in [3.63, 3.8) is 0 Å². The number of ether oxygens (including phenoxy) is 1. The van der Waals surface area contributed by atoms with Crippen LogP contribution in [0.5, 0.6) is 0 Å². The van der Waals surface area contributed by atoms with E-state index < -0.39 is 0 Å². The number of carbonyl (C=O) groups is 1. The van der Waals surface area contributed by atoms with Crippen molar-refractivity contribution >= 4 is 17.7 Å². The SMILES string of the molecule is C[C@@H]1CCCC[C@H]1OCCNC(=O)c1cnc2n(c1=O)CCS2. The van der Waals surface area contributed by atoms with Gasteiger partial charge < -0.3 is 10.1 Å². The van der Waals surface area contributed by atoms with Gasteiger partial charge in [0.15, 0.2) is 5.16 Å². The third-order valence-corrected chi connectivity index (χ3v) is 5.52. The Morgan fingerprint density at radius 3 is 3.13 bits per heavy atom. The number of rotatable bonds is 5. The average Bonchev–Trinajstić information content (AvgIpc) is 3.03. The zero-order valence-corrected chi connectivity index (χ0v) is 14.2. The number of nitrogens with one attached hydrogen (secondary N) is 1. The second-order valence-electron chi connectivity index (χ2n) is 6.19. The molecular weight excluding hydrogens is 314 g/mol. The fourth-order valence-corrected chi connectivity index (χ4v) is 4.09. The number of aromatic nitrogens is 2. The lowest BCUT2D eigenvalue weighted by Gasteiger charge is -2.28. The Bertz CT molecular complexity index is 631. The normalized spacial score (nSPS) is 23.5. The number of carbonyl (C=O) groups excluding carboxylic acids is 1. The highest BCUT2D eigenvalue weighted by Crippen LogP contribution is 2.26. The molecule has 1 aromatic rings. The standard InChI is InChI=1S/C16H23N3O3S/c1-11-4-2-3-5-13(11)22-8-6-17-14(20)12-10-18-16-19(15(12)21)7-9-23-16/h10-11,13H,2-9H2,1H3,(H,17,20)/t11-,13-/m1/s1. The van der Waals surface area contributed by atoms with Crippen LogP contribution in [-0.2, 0) is 11.3 Å². The largest absolute Gasteiger partial charge is 0.376 e. The number of amides is 1. The van der Waals surface area contributed by atoms with Crippen molar-refractivity contribution in [1.29, 1.82) is 0 Å². The van der Waals surface area contributed by atoms with Gasteiger partial charge in [0.25, 0.3) is 11.5 Å². The Hall–Kier alpha value is -1.34. The summed E-state index contributed by atoms with van der Waals surface area (Å²) in [7, 11) is 0. The zero-order chi connectivity index (χ0) is 16.2. The van der Waals surface area contributed by atoms with Crippen LogP contribution in [0.15, 0.2) is 16.1 Å². The van der Waals surface area contributed by atoms with Crippen molar-refractivity contribution < 1.29 is 9.53 Å². The summed E-state index contributed by atoms with van der Waals surface area (Å²) in [5, 5.41) is 3.46. The molecule has 1 amide bonds. The van der Waals surface area contributed by atoms with E-state index in [0.29, 0.717) is 36.9 Å². The van der Waals surface area contributed by atoms with Gasteiger partial charge in [-0.3, -0.25) is 14.2 Å². The molecule has 2 atom stereocenters. The maximum atomic E-state index is 12.2. The first-order valence-electron chi connectivity index (χ1n) is 8.29. The Morgan fingerprint density at radius 2 is 2.30 bits per heavy atom. The lowest BCUT2D eigenvalue weighted by Crippen LogP contribution is -2.36. The number of hydrogen-bond acceptors (Lipinski definition) is 5. The van der Waals surface area contributed by atoms with E-state index in [0.717, 1.165) is 12.2 Å². The molecular formula is C16H23N3O3S. The number of nitrogens with zero attached hydrogens (tertiary/aromatic N) is 2. The Kier molecular flexibility index (Phi) is 5.38. The van der Waals surface area contributed by atoms with E-state index in [-0.39, 0.29) is 17.0 Å². The molecule has 0 unspecified atom stereocenters. The van der Waals surface area contributed by atoms with Crippen LogP contribution in [0.25, 0.3) is 0 Å². The van der Waals surface area contributed by atoms with Gasteiger partial charge >= 0.3 is 0 Å². The lowest BCUT2D eigenvalue weighted by molar-refractivity contribution is -0.00294. The molecule has 2 aliphatic rings. The molecule has 3 rings (SSSR count). The fourth-order valence-electron chi connectivity index (χ4n) is 3.17. The van der Waals surface area contributed by atoms with Crippen molar-refractivity contribution in [3.8, 4) is 0 Å². The van der Waals surface area contributed by atoms with E-state index in [1.807, 2.05) is 0 Å². The van der Waals surface area contributed by atoms with Crippen LogP contribution in [0.4, 0.5) is 0 Å². The van der Waals surface area contributed by atoms with Crippen molar-refractivity contribution in [2.24, 2.45) is 5.92 Å². The molecule has 6 nitrogen and oxygen atoms in total. The Morgan fingerprint density at radius 1 is 1.48 bits per heavy atom. The summed E-state index contributed by atoms with van der Waals surface area (Å²) in [6, 6.07) is 0.